The summed E-state index contributed by atoms with van der Waals surface area (Å²) in [5, 5.41) is 17.0. The Labute approximate surface area is 120 Å². The number of methoxy groups -OCH3 is 1. The standard InChI is InChI=1S/C12H11Cl2N3O2/c1-17-6-7(5-15-17)12(16-18)8-3-4-9(19-2)11(14)10(8)13/h3-6,18H,1-2H3/b16-12+. The first-order chi connectivity index (χ1) is 9.08. The van der Waals surface area contributed by atoms with Crippen molar-refractivity contribution in [3.05, 3.63) is 45.7 Å². The lowest BCUT2D eigenvalue weighted by Crippen LogP contribution is -2.04. The van der Waals surface area contributed by atoms with E-state index in [2.05, 4.69) is 10.3 Å². The largest absolute Gasteiger partial charge is 0.495 e. The Hall–Kier alpha value is -1.72. The van der Waals surface area contributed by atoms with Crippen LogP contribution in [0.15, 0.2) is 29.7 Å². The van der Waals surface area contributed by atoms with Gasteiger partial charge in [0.05, 0.1) is 18.3 Å². The first kappa shape index (κ1) is 13.7. The van der Waals surface area contributed by atoms with Crippen LogP contribution in [0.3, 0.4) is 0 Å². The Bertz CT molecular complexity index is 638. The second-order valence-electron chi connectivity index (χ2n) is 3.79. The van der Waals surface area contributed by atoms with Crippen LogP contribution in [-0.2, 0) is 7.05 Å². The van der Waals surface area contributed by atoms with Crippen LogP contribution in [0, 0.1) is 0 Å². The zero-order valence-electron chi connectivity index (χ0n) is 10.3. The number of hydrogen-bond acceptors (Lipinski definition) is 4. The molecule has 0 unspecified atom stereocenters. The lowest BCUT2D eigenvalue weighted by molar-refractivity contribution is 0.319. The maximum absolute atomic E-state index is 9.20. The fraction of sp³-hybridized carbons (Fsp3) is 0.167. The van der Waals surface area contributed by atoms with Crippen LogP contribution >= 0.6 is 23.2 Å². The van der Waals surface area contributed by atoms with E-state index in [1.54, 1.807) is 36.3 Å². The van der Waals surface area contributed by atoms with Crippen LogP contribution in [0.1, 0.15) is 11.1 Å². The summed E-state index contributed by atoms with van der Waals surface area (Å²) < 4.78 is 6.67. The molecule has 100 valence electrons. The summed E-state index contributed by atoms with van der Waals surface area (Å²) >= 11 is 12.3. The third-order valence-corrected chi connectivity index (χ3v) is 3.46. The van der Waals surface area contributed by atoms with E-state index in [4.69, 9.17) is 27.9 Å². The molecular formula is C12H11Cl2N3O2. The van der Waals surface area contributed by atoms with Crippen LogP contribution in [0.5, 0.6) is 5.75 Å². The molecule has 1 heterocycles. The predicted molar refractivity (Wildman–Crippen MR) is 73.6 cm³/mol. The van der Waals surface area contributed by atoms with E-state index in [0.29, 0.717) is 22.6 Å². The van der Waals surface area contributed by atoms with Crippen LogP contribution in [-0.4, -0.2) is 27.8 Å². The van der Waals surface area contributed by atoms with Crippen molar-refractivity contribution in [3.8, 4) is 5.75 Å². The highest BCUT2D eigenvalue weighted by atomic mass is 35.5. The zero-order chi connectivity index (χ0) is 14.0. The van der Waals surface area contributed by atoms with Gasteiger partial charge in [0.2, 0.25) is 0 Å². The number of aryl methyl sites for hydroxylation is 1. The maximum Gasteiger partial charge on any atom is 0.139 e. The molecule has 0 aliphatic heterocycles. The molecule has 2 rings (SSSR count). The number of hydrogen-bond donors (Lipinski definition) is 1. The molecule has 1 aromatic heterocycles. The van der Waals surface area contributed by atoms with Gasteiger partial charge in [-0.3, -0.25) is 4.68 Å². The van der Waals surface area contributed by atoms with Gasteiger partial charge >= 0.3 is 0 Å². The van der Waals surface area contributed by atoms with Crippen molar-refractivity contribution in [3.63, 3.8) is 0 Å². The second-order valence-corrected chi connectivity index (χ2v) is 4.55. The number of halogens is 2. The minimum absolute atomic E-state index is 0.262. The van der Waals surface area contributed by atoms with Crippen molar-refractivity contribution in [1.29, 1.82) is 0 Å². The molecule has 0 radical (unpaired) electrons. The summed E-state index contributed by atoms with van der Waals surface area (Å²) in [7, 11) is 3.26. The van der Waals surface area contributed by atoms with Gasteiger partial charge in [0.25, 0.3) is 0 Å². The summed E-state index contributed by atoms with van der Waals surface area (Å²) in [5.41, 5.74) is 1.43. The summed E-state index contributed by atoms with van der Waals surface area (Å²) in [6, 6.07) is 3.33. The minimum atomic E-state index is 0.262. The Balaban J connectivity index is 2.54. The first-order valence-electron chi connectivity index (χ1n) is 5.32. The molecule has 0 saturated heterocycles. The Morgan fingerprint density at radius 3 is 2.63 bits per heavy atom. The second kappa shape index (κ2) is 5.50. The van der Waals surface area contributed by atoms with E-state index >= 15 is 0 Å². The lowest BCUT2D eigenvalue weighted by atomic mass is 10.1. The van der Waals surface area contributed by atoms with Gasteiger partial charge in [-0.1, -0.05) is 28.4 Å². The molecule has 0 spiro atoms. The van der Waals surface area contributed by atoms with Crippen molar-refractivity contribution in [2.75, 3.05) is 7.11 Å². The number of nitrogens with zero attached hydrogens (tertiary/aromatic N) is 3. The third kappa shape index (κ3) is 2.52. The topological polar surface area (TPSA) is 59.6 Å². The van der Waals surface area contributed by atoms with E-state index in [-0.39, 0.29) is 10.0 Å². The monoisotopic (exact) mass is 299 g/mol. The summed E-state index contributed by atoms with van der Waals surface area (Å²) in [4.78, 5) is 0. The number of rotatable bonds is 3. The Morgan fingerprint density at radius 2 is 2.11 bits per heavy atom. The van der Waals surface area contributed by atoms with Gasteiger partial charge in [0.15, 0.2) is 0 Å². The maximum atomic E-state index is 9.20. The molecule has 2 aromatic rings. The van der Waals surface area contributed by atoms with E-state index in [9.17, 15) is 5.21 Å². The molecule has 1 N–H and O–H groups in total. The molecule has 7 heteroatoms. The summed E-state index contributed by atoms with van der Waals surface area (Å²) in [6.45, 7) is 0. The summed E-state index contributed by atoms with van der Waals surface area (Å²) in [5.74, 6) is 0.457. The van der Waals surface area contributed by atoms with Gasteiger partial charge < -0.3 is 9.94 Å². The van der Waals surface area contributed by atoms with Gasteiger partial charge in [0, 0.05) is 24.4 Å². The molecule has 0 saturated carbocycles. The number of aromatic nitrogens is 2. The van der Waals surface area contributed by atoms with Gasteiger partial charge in [-0.05, 0) is 12.1 Å². The van der Waals surface area contributed by atoms with Crippen LogP contribution < -0.4 is 4.74 Å². The summed E-state index contributed by atoms with van der Waals surface area (Å²) in [6.07, 6.45) is 3.28. The first-order valence-corrected chi connectivity index (χ1v) is 6.07. The van der Waals surface area contributed by atoms with Crippen molar-refractivity contribution >= 4 is 28.9 Å². The average molecular weight is 300 g/mol. The Morgan fingerprint density at radius 1 is 1.37 bits per heavy atom. The molecule has 0 atom stereocenters. The number of oxime groups is 1. The SMILES string of the molecule is COc1ccc(/C(=N/O)c2cnn(C)c2)c(Cl)c1Cl. The number of ether oxygens (including phenoxy) is 1. The normalized spacial score (nSPS) is 11.7. The highest BCUT2D eigenvalue weighted by Crippen LogP contribution is 2.35. The highest BCUT2D eigenvalue weighted by Gasteiger charge is 2.17. The van der Waals surface area contributed by atoms with Gasteiger partial charge in [0.1, 0.15) is 16.5 Å². The fourth-order valence-corrected chi connectivity index (χ4v) is 2.17. The van der Waals surface area contributed by atoms with E-state index in [1.165, 1.54) is 7.11 Å². The minimum Gasteiger partial charge on any atom is -0.495 e. The number of benzene rings is 1. The highest BCUT2D eigenvalue weighted by molar-refractivity contribution is 6.45. The van der Waals surface area contributed by atoms with E-state index in [1.807, 2.05) is 0 Å². The molecule has 1 aromatic carbocycles. The van der Waals surface area contributed by atoms with E-state index < -0.39 is 0 Å². The predicted octanol–water partition coefficient (Wildman–Crippen LogP) is 2.96. The molecule has 0 bridgehead atoms. The molecule has 0 aliphatic carbocycles. The van der Waals surface area contributed by atoms with Crippen molar-refractivity contribution in [1.82, 2.24) is 9.78 Å². The molecular weight excluding hydrogens is 289 g/mol. The van der Waals surface area contributed by atoms with Gasteiger partial charge in [-0.2, -0.15) is 5.10 Å². The Kier molecular flexibility index (Phi) is 3.97. The molecule has 19 heavy (non-hydrogen) atoms. The van der Waals surface area contributed by atoms with Gasteiger partial charge in [-0.15, -0.1) is 0 Å². The van der Waals surface area contributed by atoms with Crippen LogP contribution in [0.4, 0.5) is 0 Å². The van der Waals surface area contributed by atoms with Gasteiger partial charge in [-0.25, -0.2) is 0 Å². The van der Waals surface area contributed by atoms with Crippen molar-refractivity contribution in [2.45, 2.75) is 0 Å². The quantitative estimate of drug-likeness (QED) is 0.538. The average Bonchev–Trinajstić information content (AvgIpc) is 2.82. The molecule has 0 amide bonds. The zero-order valence-corrected chi connectivity index (χ0v) is 11.8. The van der Waals surface area contributed by atoms with Crippen LogP contribution in [0.2, 0.25) is 10.0 Å². The lowest BCUT2D eigenvalue weighted by Gasteiger charge is -2.09. The van der Waals surface area contributed by atoms with Crippen LogP contribution in [0.25, 0.3) is 0 Å². The molecule has 0 fully saturated rings. The molecule has 5 nitrogen and oxygen atoms in total. The van der Waals surface area contributed by atoms with E-state index in [0.717, 1.165) is 0 Å². The van der Waals surface area contributed by atoms with Crippen molar-refractivity contribution in [2.24, 2.45) is 12.2 Å². The smallest absolute Gasteiger partial charge is 0.139 e. The third-order valence-electron chi connectivity index (χ3n) is 2.60. The fourth-order valence-electron chi connectivity index (χ4n) is 1.68. The molecule has 0 aliphatic rings. The van der Waals surface area contributed by atoms with Crippen molar-refractivity contribution < 1.29 is 9.94 Å².